The minimum atomic E-state index is -0.168. The number of aromatic amines is 1. The molecule has 1 aliphatic rings. The Morgan fingerprint density at radius 1 is 1.20 bits per heavy atom. The molecule has 164 valence electrons. The first-order chi connectivity index (χ1) is 14.6. The number of rotatable bonds is 12. The van der Waals surface area contributed by atoms with E-state index in [9.17, 15) is 14.4 Å². The SMILES string of the molecule is COC(=O)CCCCCCNC(=O)CCSCc1nc2sc3c(c2c(=O)[nH]1)CCC3. The summed E-state index contributed by atoms with van der Waals surface area (Å²) < 4.78 is 4.60. The van der Waals surface area contributed by atoms with Crippen molar-refractivity contribution in [3.05, 3.63) is 26.6 Å². The summed E-state index contributed by atoms with van der Waals surface area (Å²) in [5.74, 6) is 1.85. The van der Waals surface area contributed by atoms with Crippen molar-refractivity contribution in [2.45, 2.75) is 63.5 Å². The van der Waals surface area contributed by atoms with E-state index in [1.165, 1.54) is 17.6 Å². The number of hydrogen-bond donors (Lipinski definition) is 2. The van der Waals surface area contributed by atoms with Gasteiger partial charge in [0.15, 0.2) is 0 Å². The molecule has 30 heavy (non-hydrogen) atoms. The highest BCUT2D eigenvalue weighted by atomic mass is 32.2. The highest BCUT2D eigenvalue weighted by molar-refractivity contribution is 7.98. The first-order valence-electron chi connectivity index (χ1n) is 10.5. The van der Waals surface area contributed by atoms with Gasteiger partial charge in [-0.05, 0) is 37.7 Å². The van der Waals surface area contributed by atoms with Crippen molar-refractivity contribution in [2.24, 2.45) is 0 Å². The third-order valence-electron chi connectivity index (χ3n) is 5.19. The maximum atomic E-state index is 12.4. The van der Waals surface area contributed by atoms with Gasteiger partial charge in [0.1, 0.15) is 10.7 Å². The van der Waals surface area contributed by atoms with Crippen LogP contribution in [0.5, 0.6) is 0 Å². The van der Waals surface area contributed by atoms with Gasteiger partial charge in [0, 0.05) is 30.0 Å². The van der Waals surface area contributed by atoms with Gasteiger partial charge in [-0.25, -0.2) is 4.98 Å². The number of thioether (sulfide) groups is 1. The highest BCUT2D eigenvalue weighted by Crippen LogP contribution is 2.34. The number of H-pyrrole nitrogens is 1. The number of esters is 1. The molecule has 1 aliphatic carbocycles. The van der Waals surface area contributed by atoms with Gasteiger partial charge in [-0.15, -0.1) is 11.3 Å². The van der Waals surface area contributed by atoms with Gasteiger partial charge in [-0.3, -0.25) is 14.4 Å². The third-order valence-corrected chi connectivity index (χ3v) is 7.35. The molecule has 0 bridgehead atoms. The monoisotopic (exact) mass is 451 g/mol. The zero-order valence-electron chi connectivity index (χ0n) is 17.4. The summed E-state index contributed by atoms with van der Waals surface area (Å²) in [6, 6.07) is 0. The number of hydrogen-bond acceptors (Lipinski definition) is 7. The van der Waals surface area contributed by atoms with Gasteiger partial charge in [0.05, 0.1) is 18.2 Å². The molecule has 2 N–H and O–H groups in total. The Balaban J connectivity index is 1.29. The van der Waals surface area contributed by atoms with E-state index in [4.69, 9.17) is 0 Å². The van der Waals surface area contributed by atoms with Crippen LogP contribution in [-0.4, -0.2) is 41.3 Å². The molecule has 2 aromatic heterocycles. The molecule has 0 saturated carbocycles. The average molecular weight is 452 g/mol. The summed E-state index contributed by atoms with van der Waals surface area (Å²) in [7, 11) is 1.40. The number of carbonyl (C=O) groups is 2. The predicted octanol–water partition coefficient (Wildman–Crippen LogP) is 3.34. The van der Waals surface area contributed by atoms with Crippen LogP contribution in [0, 0.1) is 0 Å². The molecule has 1 amide bonds. The van der Waals surface area contributed by atoms with E-state index < -0.39 is 0 Å². The Labute approximate surface area is 184 Å². The molecule has 2 aromatic rings. The molecule has 0 aromatic carbocycles. The molecule has 0 radical (unpaired) electrons. The Morgan fingerprint density at radius 2 is 2.03 bits per heavy atom. The van der Waals surface area contributed by atoms with Crippen molar-refractivity contribution >= 4 is 45.2 Å². The number of aryl methyl sites for hydroxylation is 2. The second-order valence-electron chi connectivity index (χ2n) is 7.44. The van der Waals surface area contributed by atoms with Crippen molar-refractivity contribution in [2.75, 3.05) is 19.4 Å². The van der Waals surface area contributed by atoms with E-state index >= 15 is 0 Å². The number of carbonyl (C=O) groups excluding carboxylic acids is 2. The van der Waals surface area contributed by atoms with Crippen molar-refractivity contribution < 1.29 is 14.3 Å². The van der Waals surface area contributed by atoms with E-state index in [0.29, 0.717) is 36.7 Å². The lowest BCUT2D eigenvalue weighted by atomic mass is 10.1. The van der Waals surface area contributed by atoms with Crippen LogP contribution in [0.1, 0.15) is 61.2 Å². The molecule has 0 saturated heterocycles. The summed E-state index contributed by atoms with van der Waals surface area (Å²) in [4.78, 5) is 45.1. The summed E-state index contributed by atoms with van der Waals surface area (Å²) in [6.45, 7) is 0.663. The standard InChI is InChI=1S/C21H29N3O4S2/c1-28-18(26)9-4-2-3-5-11-22-17(25)10-12-29-13-16-23-20(27)19-14-7-6-8-15(14)30-21(19)24-16/h2-13H2,1H3,(H,22,25)(H,23,24,27). The topological polar surface area (TPSA) is 101 Å². The number of nitrogens with one attached hydrogen (secondary N) is 2. The van der Waals surface area contributed by atoms with Crippen molar-refractivity contribution in [1.29, 1.82) is 0 Å². The fourth-order valence-electron chi connectivity index (χ4n) is 3.62. The number of methoxy groups -OCH3 is 1. The number of nitrogens with zero attached hydrogens (tertiary/aromatic N) is 1. The Bertz CT molecular complexity index is 938. The lowest BCUT2D eigenvalue weighted by Gasteiger charge is -2.05. The molecular weight excluding hydrogens is 422 g/mol. The normalized spacial score (nSPS) is 12.8. The zero-order chi connectivity index (χ0) is 21.3. The smallest absolute Gasteiger partial charge is 0.305 e. The van der Waals surface area contributed by atoms with Crippen molar-refractivity contribution in [3.63, 3.8) is 0 Å². The van der Waals surface area contributed by atoms with Gasteiger partial charge in [-0.2, -0.15) is 11.8 Å². The Kier molecular flexibility index (Phi) is 8.74. The van der Waals surface area contributed by atoms with Gasteiger partial charge < -0.3 is 15.0 Å². The van der Waals surface area contributed by atoms with Gasteiger partial charge in [0.2, 0.25) is 5.91 Å². The van der Waals surface area contributed by atoms with Crippen LogP contribution < -0.4 is 10.9 Å². The summed E-state index contributed by atoms with van der Waals surface area (Å²) in [6.07, 6.45) is 7.77. The first-order valence-corrected chi connectivity index (χ1v) is 12.5. The van der Waals surface area contributed by atoms with Crippen LogP contribution in [0.3, 0.4) is 0 Å². The molecule has 0 atom stereocenters. The Hall–Kier alpha value is -1.87. The molecule has 9 heteroatoms. The molecule has 0 aliphatic heterocycles. The van der Waals surface area contributed by atoms with E-state index in [2.05, 4.69) is 20.0 Å². The molecule has 7 nitrogen and oxygen atoms in total. The first kappa shape index (κ1) is 22.8. The number of unbranched alkanes of at least 4 members (excludes halogenated alkanes) is 3. The number of fused-ring (bicyclic) bond motifs is 3. The number of ether oxygens (including phenoxy) is 1. The molecule has 0 spiro atoms. The van der Waals surface area contributed by atoms with Crippen LogP contribution in [0.2, 0.25) is 0 Å². The van der Waals surface area contributed by atoms with Crippen LogP contribution >= 0.6 is 23.1 Å². The Morgan fingerprint density at radius 3 is 2.87 bits per heavy atom. The van der Waals surface area contributed by atoms with Crippen LogP contribution in [0.25, 0.3) is 10.2 Å². The van der Waals surface area contributed by atoms with Crippen LogP contribution in [0.4, 0.5) is 0 Å². The average Bonchev–Trinajstić information content (AvgIpc) is 3.31. The lowest BCUT2D eigenvalue weighted by Crippen LogP contribution is -2.24. The molecular formula is C21H29N3O4S2. The van der Waals surface area contributed by atoms with Gasteiger partial charge in [-0.1, -0.05) is 12.8 Å². The molecule has 3 rings (SSSR count). The minimum absolute atomic E-state index is 0.0284. The molecule has 0 unspecified atom stereocenters. The predicted molar refractivity (Wildman–Crippen MR) is 121 cm³/mol. The van der Waals surface area contributed by atoms with E-state index in [1.54, 1.807) is 23.1 Å². The van der Waals surface area contributed by atoms with E-state index in [1.807, 2.05) is 0 Å². The van der Waals surface area contributed by atoms with Crippen LogP contribution in [-0.2, 0) is 32.9 Å². The van der Waals surface area contributed by atoms with Crippen molar-refractivity contribution in [1.82, 2.24) is 15.3 Å². The minimum Gasteiger partial charge on any atom is -0.469 e. The summed E-state index contributed by atoms with van der Waals surface area (Å²) in [5.41, 5.74) is 1.17. The van der Waals surface area contributed by atoms with Gasteiger partial charge in [0.25, 0.3) is 5.56 Å². The maximum absolute atomic E-state index is 12.4. The summed E-state index contributed by atoms with van der Waals surface area (Å²) in [5, 5.41) is 3.71. The zero-order valence-corrected chi connectivity index (χ0v) is 19.0. The number of aromatic nitrogens is 2. The number of thiophene rings is 1. The third kappa shape index (κ3) is 6.31. The second kappa shape index (κ2) is 11.5. The quantitative estimate of drug-likeness (QED) is 0.379. The van der Waals surface area contributed by atoms with E-state index in [0.717, 1.165) is 55.2 Å². The fourth-order valence-corrected chi connectivity index (χ4v) is 5.70. The largest absolute Gasteiger partial charge is 0.469 e. The second-order valence-corrected chi connectivity index (χ2v) is 9.63. The maximum Gasteiger partial charge on any atom is 0.305 e. The van der Waals surface area contributed by atoms with Gasteiger partial charge >= 0.3 is 5.97 Å². The van der Waals surface area contributed by atoms with Crippen LogP contribution in [0.15, 0.2) is 4.79 Å². The highest BCUT2D eigenvalue weighted by Gasteiger charge is 2.21. The fraction of sp³-hybridized carbons (Fsp3) is 0.619. The van der Waals surface area contributed by atoms with E-state index in [-0.39, 0.29) is 17.4 Å². The number of amides is 1. The van der Waals surface area contributed by atoms with Crippen molar-refractivity contribution in [3.8, 4) is 0 Å². The molecule has 2 heterocycles. The molecule has 0 fully saturated rings. The lowest BCUT2D eigenvalue weighted by molar-refractivity contribution is -0.140. The summed E-state index contributed by atoms with van der Waals surface area (Å²) >= 11 is 3.26.